The molecule has 1 aliphatic heterocycles. The monoisotopic (exact) mass is 294 g/mol. The van der Waals surface area contributed by atoms with Crippen LogP contribution in [0.15, 0.2) is 24.3 Å². The highest BCUT2D eigenvalue weighted by molar-refractivity contribution is 7.80. The summed E-state index contributed by atoms with van der Waals surface area (Å²) in [7, 11) is 0. The van der Waals surface area contributed by atoms with E-state index in [1.54, 1.807) is 0 Å². The van der Waals surface area contributed by atoms with Crippen molar-refractivity contribution in [3.05, 3.63) is 29.8 Å². The Labute approximate surface area is 125 Å². The molecule has 0 bridgehead atoms. The van der Waals surface area contributed by atoms with Gasteiger partial charge >= 0.3 is 0 Å². The van der Waals surface area contributed by atoms with Crippen molar-refractivity contribution in [3.8, 4) is 5.75 Å². The molecule has 1 fully saturated rings. The summed E-state index contributed by atoms with van der Waals surface area (Å²) >= 11 is 4.96. The second kappa shape index (κ2) is 6.52. The maximum Gasteiger partial charge on any atom is 0.120 e. The first-order chi connectivity index (χ1) is 9.46. The van der Waals surface area contributed by atoms with Gasteiger partial charge < -0.3 is 15.2 Å². The van der Waals surface area contributed by atoms with Crippen molar-refractivity contribution >= 4 is 17.2 Å². The number of nitrogens with two attached hydrogens (primary N) is 1. The molecule has 0 aliphatic carbocycles. The molecule has 1 saturated heterocycles. The van der Waals surface area contributed by atoms with Crippen LogP contribution < -0.4 is 10.5 Å². The number of morpholine rings is 1. The minimum Gasteiger partial charge on any atom is -0.492 e. The lowest BCUT2D eigenvalue weighted by atomic mass is 10.1. The molecule has 0 spiro atoms. The van der Waals surface area contributed by atoms with Crippen molar-refractivity contribution < 1.29 is 9.47 Å². The molecule has 0 aromatic heterocycles. The molecule has 4 nitrogen and oxygen atoms in total. The van der Waals surface area contributed by atoms with Gasteiger partial charge in [0.25, 0.3) is 0 Å². The molecule has 5 heteroatoms. The number of rotatable bonds is 5. The van der Waals surface area contributed by atoms with Crippen molar-refractivity contribution in [1.29, 1.82) is 0 Å². The molecule has 0 unspecified atom stereocenters. The Hall–Kier alpha value is -1.17. The van der Waals surface area contributed by atoms with Gasteiger partial charge in [-0.1, -0.05) is 24.4 Å². The van der Waals surface area contributed by atoms with Crippen LogP contribution in [0.4, 0.5) is 0 Å². The van der Waals surface area contributed by atoms with E-state index in [1.165, 1.54) is 0 Å². The molecule has 1 aromatic rings. The van der Waals surface area contributed by atoms with E-state index in [0.717, 1.165) is 37.6 Å². The van der Waals surface area contributed by atoms with Crippen LogP contribution >= 0.6 is 12.2 Å². The molecule has 2 rings (SSSR count). The van der Waals surface area contributed by atoms with Crippen LogP contribution in [0.3, 0.4) is 0 Å². The number of benzene rings is 1. The van der Waals surface area contributed by atoms with Crippen molar-refractivity contribution in [3.63, 3.8) is 0 Å². The smallest absolute Gasteiger partial charge is 0.120 e. The van der Waals surface area contributed by atoms with Gasteiger partial charge in [0, 0.05) is 25.2 Å². The summed E-state index contributed by atoms with van der Waals surface area (Å²) in [5.74, 6) is 0.808. The van der Waals surface area contributed by atoms with Crippen LogP contribution in [0.5, 0.6) is 5.75 Å². The Bertz CT molecular complexity index is 477. The predicted molar refractivity (Wildman–Crippen MR) is 84.3 cm³/mol. The van der Waals surface area contributed by atoms with Crippen LogP contribution in [0.1, 0.15) is 19.4 Å². The SMILES string of the molecule is CC1(C)CN(CCOc2cccc(C(N)=S)c2)CCO1. The molecular formula is C15H22N2O2S. The maximum absolute atomic E-state index is 5.77. The van der Waals surface area contributed by atoms with E-state index in [1.807, 2.05) is 24.3 Å². The highest BCUT2D eigenvalue weighted by Crippen LogP contribution is 2.17. The number of nitrogens with zero attached hydrogens (tertiary/aromatic N) is 1. The number of hydrogen-bond donors (Lipinski definition) is 1. The highest BCUT2D eigenvalue weighted by Gasteiger charge is 2.26. The van der Waals surface area contributed by atoms with Crippen molar-refractivity contribution in [2.45, 2.75) is 19.4 Å². The topological polar surface area (TPSA) is 47.7 Å². The van der Waals surface area contributed by atoms with E-state index >= 15 is 0 Å². The summed E-state index contributed by atoms with van der Waals surface area (Å²) in [5, 5.41) is 0. The molecule has 0 atom stereocenters. The third-order valence-electron chi connectivity index (χ3n) is 3.30. The highest BCUT2D eigenvalue weighted by atomic mass is 32.1. The summed E-state index contributed by atoms with van der Waals surface area (Å²) in [6.45, 7) is 8.45. The Morgan fingerprint density at radius 3 is 3.00 bits per heavy atom. The van der Waals surface area contributed by atoms with Gasteiger partial charge in [0.2, 0.25) is 0 Å². The Balaban J connectivity index is 1.81. The Morgan fingerprint density at radius 2 is 2.30 bits per heavy atom. The van der Waals surface area contributed by atoms with E-state index in [2.05, 4.69) is 18.7 Å². The summed E-state index contributed by atoms with van der Waals surface area (Å²) in [5.41, 5.74) is 6.38. The lowest BCUT2D eigenvalue weighted by molar-refractivity contribution is -0.0875. The van der Waals surface area contributed by atoms with Gasteiger partial charge in [-0.15, -0.1) is 0 Å². The first kappa shape index (κ1) is 15.2. The first-order valence-electron chi connectivity index (χ1n) is 6.85. The Morgan fingerprint density at radius 1 is 1.50 bits per heavy atom. The van der Waals surface area contributed by atoms with E-state index in [-0.39, 0.29) is 5.60 Å². The lowest BCUT2D eigenvalue weighted by Crippen LogP contribution is -2.49. The minimum absolute atomic E-state index is 0.0656. The molecule has 0 radical (unpaired) electrons. The summed E-state index contributed by atoms with van der Waals surface area (Å²) in [6.07, 6.45) is 0. The van der Waals surface area contributed by atoms with Crippen LogP contribution in [0.2, 0.25) is 0 Å². The third kappa shape index (κ3) is 4.44. The molecule has 2 N–H and O–H groups in total. The quantitative estimate of drug-likeness (QED) is 0.839. The van der Waals surface area contributed by atoms with E-state index in [4.69, 9.17) is 27.4 Å². The van der Waals surface area contributed by atoms with Crippen LogP contribution in [0.25, 0.3) is 0 Å². The zero-order valence-electron chi connectivity index (χ0n) is 12.1. The number of ether oxygens (including phenoxy) is 2. The van der Waals surface area contributed by atoms with Gasteiger partial charge in [-0.25, -0.2) is 0 Å². The van der Waals surface area contributed by atoms with Crippen molar-refractivity contribution in [2.24, 2.45) is 5.73 Å². The fourth-order valence-electron chi connectivity index (χ4n) is 2.34. The van der Waals surface area contributed by atoms with Gasteiger partial charge in [-0.3, -0.25) is 4.90 Å². The zero-order valence-corrected chi connectivity index (χ0v) is 12.9. The zero-order chi connectivity index (χ0) is 14.6. The normalized spacial score (nSPS) is 18.7. The van der Waals surface area contributed by atoms with Crippen LogP contribution in [-0.2, 0) is 4.74 Å². The molecule has 0 saturated carbocycles. The number of hydrogen-bond acceptors (Lipinski definition) is 4. The molecule has 1 heterocycles. The largest absolute Gasteiger partial charge is 0.492 e. The van der Waals surface area contributed by atoms with Gasteiger partial charge in [0.05, 0.1) is 12.2 Å². The lowest BCUT2D eigenvalue weighted by Gasteiger charge is -2.38. The summed E-state index contributed by atoms with van der Waals surface area (Å²) < 4.78 is 11.5. The molecule has 1 aliphatic rings. The average Bonchev–Trinajstić information content (AvgIpc) is 2.38. The molecule has 110 valence electrons. The third-order valence-corrected chi connectivity index (χ3v) is 3.54. The second-order valence-electron chi connectivity index (χ2n) is 5.62. The molecule has 20 heavy (non-hydrogen) atoms. The average molecular weight is 294 g/mol. The minimum atomic E-state index is -0.0656. The van der Waals surface area contributed by atoms with Gasteiger partial charge in [0.15, 0.2) is 0 Å². The fourth-order valence-corrected chi connectivity index (χ4v) is 2.46. The van der Waals surface area contributed by atoms with Gasteiger partial charge in [0.1, 0.15) is 17.3 Å². The van der Waals surface area contributed by atoms with Crippen molar-refractivity contribution in [2.75, 3.05) is 32.8 Å². The van der Waals surface area contributed by atoms with Crippen LogP contribution in [-0.4, -0.2) is 48.3 Å². The summed E-state index contributed by atoms with van der Waals surface area (Å²) in [6, 6.07) is 7.60. The first-order valence-corrected chi connectivity index (χ1v) is 7.26. The number of thiocarbonyl (C=S) groups is 1. The molecule has 0 amide bonds. The maximum atomic E-state index is 5.77. The van der Waals surface area contributed by atoms with Gasteiger partial charge in [-0.05, 0) is 26.0 Å². The van der Waals surface area contributed by atoms with E-state index < -0.39 is 0 Å². The molecular weight excluding hydrogens is 272 g/mol. The van der Waals surface area contributed by atoms with Crippen molar-refractivity contribution in [1.82, 2.24) is 4.90 Å². The van der Waals surface area contributed by atoms with E-state index in [9.17, 15) is 0 Å². The summed E-state index contributed by atoms with van der Waals surface area (Å²) in [4.78, 5) is 2.76. The Kier molecular flexibility index (Phi) is 4.96. The molecule has 1 aromatic carbocycles. The van der Waals surface area contributed by atoms with Crippen LogP contribution in [0, 0.1) is 0 Å². The van der Waals surface area contributed by atoms with E-state index in [0.29, 0.717) is 11.6 Å². The van der Waals surface area contributed by atoms with Gasteiger partial charge in [-0.2, -0.15) is 0 Å². The predicted octanol–water partition coefficient (Wildman–Crippen LogP) is 1.81. The second-order valence-corrected chi connectivity index (χ2v) is 6.06. The standard InChI is InChI=1S/C15H22N2O2S/c1-15(2)11-17(7-9-19-15)6-8-18-13-5-3-4-12(10-13)14(16)20/h3-5,10H,6-9,11H2,1-2H3,(H2,16,20). The fraction of sp³-hybridized carbons (Fsp3) is 0.533.